The molecular weight excluding hydrogens is 450 g/mol. The summed E-state index contributed by atoms with van der Waals surface area (Å²) < 4.78 is 43.6. The zero-order chi connectivity index (χ0) is 18.4. The highest BCUT2D eigenvalue weighted by Gasteiger charge is 2.30. The number of amides is 1. The second kappa shape index (κ2) is 8.32. The summed E-state index contributed by atoms with van der Waals surface area (Å²) in [4.78, 5) is 23.4. The molecule has 0 unspecified atom stereocenters. The second-order valence-electron chi connectivity index (χ2n) is 5.09. The van der Waals surface area contributed by atoms with E-state index in [0.29, 0.717) is 5.69 Å². The van der Waals surface area contributed by atoms with Crippen molar-refractivity contribution in [3.8, 4) is 0 Å². The van der Waals surface area contributed by atoms with Gasteiger partial charge in [-0.25, -0.2) is 0 Å². The Kier molecular flexibility index (Phi) is 6.40. The minimum absolute atomic E-state index is 0.165. The van der Waals surface area contributed by atoms with Gasteiger partial charge in [0.1, 0.15) is 0 Å². The molecule has 0 aromatic heterocycles. The Morgan fingerprint density at radius 3 is 2.48 bits per heavy atom. The predicted octanol–water partition coefficient (Wildman–Crippen LogP) is 4.03. The topological polar surface area (TPSA) is 55.4 Å². The molecule has 0 aliphatic heterocycles. The Morgan fingerprint density at radius 2 is 1.80 bits per heavy atom. The van der Waals surface area contributed by atoms with Crippen molar-refractivity contribution in [1.82, 2.24) is 0 Å². The van der Waals surface area contributed by atoms with Gasteiger partial charge in [0.15, 0.2) is 6.61 Å². The molecule has 0 radical (unpaired) electrons. The number of anilines is 1. The summed E-state index contributed by atoms with van der Waals surface area (Å²) in [7, 11) is 0. The van der Waals surface area contributed by atoms with Crippen LogP contribution in [0.2, 0.25) is 0 Å². The molecule has 2 rings (SSSR count). The lowest BCUT2D eigenvalue weighted by atomic mass is 10.1. The van der Waals surface area contributed by atoms with Gasteiger partial charge in [0.05, 0.1) is 12.0 Å². The Labute approximate surface area is 155 Å². The minimum Gasteiger partial charge on any atom is -0.455 e. The first-order valence-corrected chi connectivity index (χ1v) is 8.19. The van der Waals surface area contributed by atoms with Crippen molar-refractivity contribution >= 4 is 40.2 Å². The largest absolute Gasteiger partial charge is 0.455 e. The van der Waals surface area contributed by atoms with E-state index in [2.05, 4.69) is 27.9 Å². The van der Waals surface area contributed by atoms with Crippen LogP contribution in [0.5, 0.6) is 0 Å². The molecule has 25 heavy (non-hydrogen) atoms. The number of carbonyl (C=O) groups excluding carboxylic acids is 2. The molecule has 0 bridgehead atoms. The van der Waals surface area contributed by atoms with Gasteiger partial charge in [-0.3, -0.25) is 9.59 Å². The Morgan fingerprint density at radius 1 is 1.08 bits per heavy atom. The van der Waals surface area contributed by atoms with E-state index in [9.17, 15) is 22.8 Å². The summed E-state index contributed by atoms with van der Waals surface area (Å²) in [6.45, 7) is -0.511. The Balaban J connectivity index is 1.85. The lowest BCUT2D eigenvalue weighted by molar-refractivity contribution is -0.146. The van der Waals surface area contributed by atoms with Gasteiger partial charge in [0, 0.05) is 9.26 Å². The average molecular weight is 463 g/mol. The van der Waals surface area contributed by atoms with Crippen LogP contribution in [0.25, 0.3) is 0 Å². The van der Waals surface area contributed by atoms with E-state index in [0.717, 1.165) is 15.7 Å². The molecule has 0 aliphatic rings. The molecule has 4 nitrogen and oxygen atoms in total. The molecular formula is C17H13F3INO3. The fourth-order valence-electron chi connectivity index (χ4n) is 1.98. The Hall–Kier alpha value is -2.10. The van der Waals surface area contributed by atoms with Crippen LogP contribution in [-0.2, 0) is 26.9 Å². The van der Waals surface area contributed by atoms with Gasteiger partial charge in [-0.1, -0.05) is 24.3 Å². The second-order valence-corrected chi connectivity index (χ2v) is 6.34. The maximum absolute atomic E-state index is 12.6. The molecule has 0 spiro atoms. The molecule has 0 atom stereocenters. The Bertz CT molecular complexity index is 778. The van der Waals surface area contributed by atoms with Gasteiger partial charge in [0.25, 0.3) is 5.91 Å². The summed E-state index contributed by atoms with van der Waals surface area (Å²) in [6.07, 6.45) is -4.83. The molecule has 2 aromatic carbocycles. The summed E-state index contributed by atoms with van der Waals surface area (Å²) in [5, 5.41) is 2.56. The number of ether oxygens (including phenoxy) is 1. The average Bonchev–Trinajstić information content (AvgIpc) is 2.52. The lowest BCUT2D eigenvalue weighted by Crippen LogP contribution is -2.21. The van der Waals surface area contributed by atoms with E-state index in [1.54, 1.807) is 18.2 Å². The number of alkyl halides is 3. The third-order valence-electron chi connectivity index (χ3n) is 3.08. The van der Waals surface area contributed by atoms with E-state index in [4.69, 9.17) is 4.74 Å². The molecule has 132 valence electrons. The van der Waals surface area contributed by atoms with Gasteiger partial charge in [-0.15, -0.1) is 0 Å². The van der Waals surface area contributed by atoms with Crippen LogP contribution < -0.4 is 5.32 Å². The van der Waals surface area contributed by atoms with Crippen molar-refractivity contribution in [2.75, 3.05) is 11.9 Å². The highest BCUT2D eigenvalue weighted by Crippen LogP contribution is 2.29. The van der Waals surface area contributed by atoms with Crippen molar-refractivity contribution in [2.45, 2.75) is 12.6 Å². The smallest absolute Gasteiger partial charge is 0.416 e. The first-order chi connectivity index (χ1) is 11.7. The quantitative estimate of drug-likeness (QED) is 0.539. The minimum atomic E-state index is -4.48. The van der Waals surface area contributed by atoms with E-state index < -0.39 is 30.2 Å². The standard InChI is InChI=1S/C17H13F3INO3/c18-17(19,20)12-4-1-3-11(7-12)8-16(24)25-10-15(23)22-14-6-2-5-13(21)9-14/h1-7,9H,8,10H2,(H,22,23). The molecule has 0 saturated heterocycles. The van der Waals surface area contributed by atoms with Crippen LogP contribution in [0.15, 0.2) is 48.5 Å². The third-order valence-corrected chi connectivity index (χ3v) is 3.75. The van der Waals surface area contributed by atoms with Crippen molar-refractivity contribution in [3.05, 3.63) is 63.2 Å². The van der Waals surface area contributed by atoms with Crippen LogP contribution in [0.4, 0.5) is 18.9 Å². The van der Waals surface area contributed by atoms with Gasteiger partial charge < -0.3 is 10.1 Å². The first kappa shape index (κ1) is 19.2. The summed E-state index contributed by atoms with van der Waals surface area (Å²) >= 11 is 2.09. The van der Waals surface area contributed by atoms with E-state index in [1.165, 1.54) is 12.1 Å². The van der Waals surface area contributed by atoms with Crippen LogP contribution >= 0.6 is 22.6 Å². The van der Waals surface area contributed by atoms with Gasteiger partial charge in [-0.2, -0.15) is 13.2 Å². The number of halogens is 4. The molecule has 1 N–H and O–H groups in total. The molecule has 0 aliphatic carbocycles. The SMILES string of the molecule is O=C(COC(=O)Cc1cccc(C(F)(F)F)c1)Nc1cccc(I)c1. The van der Waals surface area contributed by atoms with Crippen molar-refractivity contribution in [1.29, 1.82) is 0 Å². The van der Waals surface area contributed by atoms with Crippen molar-refractivity contribution < 1.29 is 27.5 Å². The van der Waals surface area contributed by atoms with E-state index in [-0.39, 0.29) is 12.0 Å². The molecule has 0 saturated carbocycles. The van der Waals surface area contributed by atoms with Crippen LogP contribution in [0.1, 0.15) is 11.1 Å². The fourth-order valence-corrected chi connectivity index (χ4v) is 2.53. The number of benzene rings is 2. The molecule has 8 heteroatoms. The fraction of sp³-hybridized carbons (Fsp3) is 0.176. The number of esters is 1. The lowest BCUT2D eigenvalue weighted by Gasteiger charge is -2.09. The molecule has 2 aromatic rings. The van der Waals surface area contributed by atoms with Gasteiger partial charge in [0.2, 0.25) is 0 Å². The summed E-state index contributed by atoms with van der Waals surface area (Å²) in [6, 6.07) is 11.4. The van der Waals surface area contributed by atoms with Gasteiger partial charge >= 0.3 is 12.1 Å². The number of rotatable bonds is 5. The maximum Gasteiger partial charge on any atom is 0.416 e. The number of hydrogen-bond acceptors (Lipinski definition) is 3. The number of nitrogens with one attached hydrogen (secondary N) is 1. The van der Waals surface area contributed by atoms with Crippen molar-refractivity contribution in [3.63, 3.8) is 0 Å². The van der Waals surface area contributed by atoms with Crippen LogP contribution in [0, 0.1) is 3.57 Å². The van der Waals surface area contributed by atoms with Crippen LogP contribution in [0.3, 0.4) is 0 Å². The molecule has 1 amide bonds. The van der Waals surface area contributed by atoms with E-state index >= 15 is 0 Å². The normalized spacial score (nSPS) is 11.0. The maximum atomic E-state index is 12.6. The first-order valence-electron chi connectivity index (χ1n) is 7.11. The predicted molar refractivity (Wildman–Crippen MR) is 93.9 cm³/mol. The summed E-state index contributed by atoms with van der Waals surface area (Å²) in [5.74, 6) is -1.31. The summed E-state index contributed by atoms with van der Waals surface area (Å²) in [5.41, 5.74) is -0.113. The highest BCUT2D eigenvalue weighted by molar-refractivity contribution is 14.1. The van der Waals surface area contributed by atoms with E-state index in [1.807, 2.05) is 6.07 Å². The van der Waals surface area contributed by atoms with Crippen LogP contribution in [-0.4, -0.2) is 18.5 Å². The van der Waals surface area contributed by atoms with Gasteiger partial charge in [-0.05, 0) is 52.4 Å². The number of carbonyl (C=O) groups is 2. The zero-order valence-electron chi connectivity index (χ0n) is 12.8. The highest BCUT2D eigenvalue weighted by atomic mass is 127. The number of hydrogen-bond donors (Lipinski definition) is 1. The third kappa shape index (κ3) is 6.37. The molecule has 0 fully saturated rings. The molecule has 0 heterocycles. The van der Waals surface area contributed by atoms with Crippen molar-refractivity contribution in [2.24, 2.45) is 0 Å². The monoisotopic (exact) mass is 463 g/mol. The zero-order valence-corrected chi connectivity index (χ0v) is 14.9.